The summed E-state index contributed by atoms with van der Waals surface area (Å²) in [6.07, 6.45) is 5.23. The third-order valence-electron chi connectivity index (χ3n) is 7.01. The Morgan fingerprint density at radius 1 is 1.11 bits per heavy atom. The van der Waals surface area contributed by atoms with E-state index in [4.69, 9.17) is 9.72 Å². The fraction of sp³-hybridized carbons (Fsp3) is 0.250. The number of anilines is 1. The smallest absolute Gasteiger partial charge is 0.210 e. The molecule has 0 saturated carbocycles. The predicted molar refractivity (Wildman–Crippen MR) is 137 cm³/mol. The van der Waals surface area contributed by atoms with E-state index in [1.165, 1.54) is 6.42 Å². The number of rotatable bonds is 6. The minimum atomic E-state index is 0.0577. The highest BCUT2D eigenvalue weighted by atomic mass is 16.5. The SMILES string of the molecule is COc1cc(-c2nc(N3CCC3)n3ccnc(C)c23)ccc1CC(=O)c1cc2ccccc2n1C. The molecule has 3 aromatic heterocycles. The minimum Gasteiger partial charge on any atom is -0.496 e. The topological polar surface area (TPSA) is 64.7 Å². The van der Waals surface area contributed by atoms with E-state index in [2.05, 4.69) is 14.3 Å². The standard InChI is InChI=1S/C28H27N5O2/c1-18-27-26(30-28(32-12-6-13-32)33(27)14-11-29-18)21-10-9-20(25(17-21)35-3)16-24(34)23-15-19-7-4-5-8-22(19)31(23)2/h4-5,7-11,14-15,17H,6,12-13,16H2,1-3H3. The zero-order valence-electron chi connectivity index (χ0n) is 20.2. The molecule has 0 atom stereocenters. The lowest BCUT2D eigenvalue weighted by Crippen LogP contribution is -2.38. The number of para-hydroxylation sites is 1. The van der Waals surface area contributed by atoms with Crippen LogP contribution in [0, 0.1) is 6.92 Å². The third kappa shape index (κ3) is 3.46. The van der Waals surface area contributed by atoms with E-state index in [0.717, 1.165) is 58.0 Å². The van der Waals surface area contributed by atoms with Gasteiger partial charge in [0.25, 0.3) is 0 Å². The molecule has 7 heteroatoms. The maximum atomic E-state index is 13.3. The van der Waals surface area contributed by atoms with Crippen molar-refractivity contribution in [3.8, 4) is 17.0 Å². The molecule has 0 amide bonds. The molecule has 6 rings (SSSR count). The molecule has 0 aliphatic carbocycles. The van der Waals surface area contributed by atoms with E-state index < -0.39 is 0 Å². The Kier molecular flexibility index (Phi) is 5.06. The van der Waals surface area contributed by atoms with Crippen molar-refractivity contribution in [2.75, 3.05) is 25.1 Å². The van der Waals surface area contributed by atoms with E-state index in [9.17, 15) is 4.79 Å². The van der Waals surface area contributed by atoms with Gasteiger partial charge in [-0.3, -0.25) is 14.2 Å². The first-order valence-electron chi connectivity index (χ1n) is 11.9. The lowest BCUT2D eigenvalue weighted by atomic mass is 10.0. The molecule has 5 aromatic rings. The van der Waals surface area contributed by atoms with Gasteiger partial charge in [0, 0.05) is 61.0 Å². The first kappa shape index (κ1) is 21.4. The number of carbonyl (C=O) groups excluding carboxylic acids is 1. The van der Waals surface area contributed by atoms with Gasteiger partial charge in [-0.25, -0.2) is 4.98 Å². The molecular formula is C28H27N5O2. The Bertz CT molecular complexity index is 1590. The Labute approximate surface area is 203 Å². The van der Waals surface area contributed by atoms with Crippen molar-refractivity contribution < 1.29 is 9.53 Å². The molecule has 1 saturated heterocycles. The van der Waals surface area contributed by atoms with Gasteiger partial charge in [0.1, 0.15) is 11.4 Å². The maximum absolute atomic E-state index is 13.3. The van der Waals surface area contributed by atoms with Gasteiger partial charge in [0.2, 0.25) is 5.95 Å². The zero-order valence-corrected chi connectivity index (χ0v) is 20.2. The van der Waals surface area contributed by atoms with Crippen LogP contribution in [0.15, 0.2) is 60.9 Å². The van der Waals surface area contributed by atoms with Crippen molar-refractivity contribution in [2.24, 2.45) is 7.05 Å². The molecule has 1 aliphatic rings. The van der Waals surface area contributed by atoms with Gasteiger partial charge in [-0.15, -0.1) is 0 Å². The number of ketones is 1. The number of methoxy groups -OCH3 is 1. The van der Waals surface area contributed by atoms with Crippen LogP contribution in [0.3, 0.4) is 0 Å². The number of imidazole rings is 1. The van der Waals surface area contributed by atoms with Crippen LogP contribution in [0.5, 0.6) is 5.75 Å². The van der Waals surface area contributed by atoms with Crippen LogP contribution in [-0.4, -0.2) is 44.9 Å². The number of ether oxygens (including phenoxy) is 1. The molecule has 4 heterocycles. The van der Waals surface area contributed by atoms with Crippen LogP contribution >= 0.6 is 0 Å². The van der Waals surface area contributed by atoms with E-state index >= 15 is 0 Å². The second kappa shape index (κ2) is 8.27. The molecule has 35 heavy (non-hydrogen) atoms. The van der Waals surface area contributed by atoms with Crippen molar-refractivity contribution in [3.63, 3.8) is 0 Å². The van der Waals surface area contributed by atoms with Crippen molar-refractivity contribution in [1.82, 2.24) is 18.9 Å². The molecule has 0 N–H and O–H groups in total. The summed E-state index contributed by atoms with van der Waals surface area (Å²) in [5.41, 5.74) is 6.34. The maximum Gasteiger partial charge on any atom is 0.210 e. The molecule has 7 nitrogen and oxygen atoms in total. The summed E-state index contributed by atoms with van der Waals surface area (Å²) < 4.78 is 9.83. The van der Waals surface area contributed by atoms with Crippen LogP contribution in [0.4, 0.5) is 5.95 Å². The highest BCUT2D eigenvalue weighted by molar-refractivity contribution is 6.01. The average molecular weight is 466 g/mol. The number of carbonyl (C=O) groups is 1. The van der Waals surface area contributed by atoms with Gasteiger partial charge >= 0.3 is 0 Å². The molecule has 1 fully saturated rings. The highest BCUT2D eigenvalue weighted by Crippen LogP contribution is 2.34. The first-order valence-corrected chi connectivity index (χ1v) is 11.9. The number of aryl methyl sites for hydroxylation is 2. The van der Waals surface area contributed by atoms with Crippen molar-refractivity contribution >= 4 is 28.2 Å². The van der Waals surface area contributed by atoms with Crippen molar-refractivity contribution in [2.45, 2.75) is 19.8 Å². The second-order valence-electron chi connectivity index (χ2n) is 9.11. The number of fused-ring (bicyclic) bond motifs is 2. The first-order chi connectivity index (χ1) is 17.0. The van der Waals surface area contributed by atoms with Crippen molar-refractivity contribution in [3.05, 3.63) is 77.9 Å². The summed E-state index contributed by atoms with van der Waals surface area (Å²) in [5, 5.41) is 1.06. The third-order valence-corrected chi connectivity index (χ3v) is 7.01. The van der Waals surface area contributed by atoms with Gasteiger partial charge in [-0.2, -0.15) is 0 Å². The van der Waals surface area contributed by atoms with Gasteiger partial charge < -0.3 is 14.2 Å². The predicted octanol–water partition coefficient (Wildman–Crippen LogP) is 4.84. The van der Waals surface area contributed by atoms with Crippen LogP contribution < -0.4 is 9.64 Å². The Hall–Kier alpha value is -4.13. The summed E-state index contributed by atoms with van der Waals surface area (Å²) in [6, 6.07) is 16.0. The number of aromatic nitrogens is 4. The van der Waals surface area contributed by atoms with E-state index in [0.29, 0.717) is 11.4 Å². The van der Waals surface area contributed by atoms with Crippen LogP contribution in [0.25, 0.3) is 27.7 Å². The number of hydrogen-bond donors (Lipinski definition) is 0. The quantitative estimate of drug-likeness (QED) is 0.336. The van der Waals surface area contributed by atoms with E-state index in [1.807, 2.05) is 79.5 Å². The van der Waals surface area contributed by atoms with Crippen molar-refractivity contribution in [1.29, 1.82) is 0 Å². The Morgan fingerprint density at radius 3 is 2.69 bits per heavy atom. The summed E-state index contributed by atoms with van der Waals surface area (Å²) in [6.45, 7) is 4.03. The normalized spacial score (nSPS) is 13.4. The lowest BCUT2D eigenvalue weighted by molar-refractivity contribution is 0.0984. The molecule has 1 aliphatic heterocycles. The number of benzene rings is 2. The van der Waals surface area contributed by atoms with Gasteiger partial charge in [-0.05, 0) is 31.5 Å². The Morgan fingerprint density at radius 2 is 1.94 bits per heavy atom. The fourth-order valence-electron chi connectivity index (χ4n) is 4.98. The minimum absolute atomic E-state index is 0.0577. The van der Waals surface area contributed by atoms with Crippen LogP contribution in [-0.2, 0) is 13.5 Å². The summed E-state index contributed by atoms with van der Waals surface area (Å²) >= 11 is 0. The summed E-state index contributed by atoms with van der Waals surface area (Å²) in [7, 11) is 3.58. The highest BCUT2D eigenvalue weighted by Gasteiger charge is 2.24. The largest absolute Gasteiger partial charge is 0.496 e. The molecule has 176 valence electrons. The monoisotopic (exact) mass is 465 g/mol. The molecule has 0 bridgehead atoms. The molecular weight excluding hydrogens is 438 g/mol. The van der Waals surface area contributed by atoms with Gasteiger partial charge in [-0.1, -0.05) is 30.3 Å². The number of Topliss-reactive ketones (excluding diaryl/α,β-unsaturated/α-hetero) is 1. The van der Waals surface area contributed by atoms with E-state index in [-0.39, 0.29) is 12.2 Å². The summed E-state index contributed by atoms with van der Waals surface area (Å²) in [5.74, 6) is 1.69. The van der Waals surface area contributed by atoms with E-state index in [1.54, 1.807) is 7.11 Å². The number of hydrogen-bond acceptors (Lipinski definition) is 5. The molecule has 2 aromatic carbocycles. The van der Waals surface area contributed by atoms with Crippen LogP contribution in [0.1, 0.15) is 28.2 Å². The zero-order chi connectivity index (χ0) is 24.1. The average Bonchev–Trinajstić information content (AvgIpc) is 3.38. The van der Waals surface area contributed by atoms with Crippen LogP contribution in [0.2, 0.25) is 0 Å². The molecule has 0 radical (unpaired) electrons. The van der Waals surface area contributed by atoms with Gasteiger partial charge in [0.15, 0.2) is 5.78 Å². The summed E-state index contributed by atoms with van der Waals surface area (Å²) in [4.78, 5) is 25.1. The Balaban J connectivity index is 1.37. The second-order valence-corrected chi connectivity index (χ2v) is 9.11. The van der Waals surface area contributed by atoms with Gasteiger partial charge in [0.05, 0.1) is 24.0 Å². The lowest BCUT2D eigenvalue weighted by Gasteiger charge is -2.31. The molecule has 0 unspecified atom stereocenters. The fourth-order valence-corrected chi connectivity index (χ4v) is 4.98. The molecule has 0 spiro atoms. The number of nitrogens with zero attached hydrogens (tertiary/aromatic N) is 5.